The van der Waals surface area contributed by atoms with Crippen LogP contribution < -0.4 is 5.32 Å². The molecule has 1 aliphatic heterocycles. The van der Waals surface area contributed by atoms with Gasteiger partial charge in [0.15, 0.2) is 0 Å². The molecule has 0 saturated heterocycles. The zero-order valence-electron chi connectivity index (χ0n) is 18.4. The first-order valence-corrected chi connectivity index (χ1v) is 12.7. The second-order valence-electron chi connectivity index (χ2n) is 8.82. The van der Waals surface area contributed by atoms with E-state index in [9.17, 15) is 9.18 Å². The smallest absolute Gasteiger partial charge is 0.310 e. The second-order valence-corrected chi connectivity index (χ2v) is 10.3. The summed E-state index contributed by atoms with van der Waals surface area (Å²) in [4.78, 5) is 17.1. The molecule has 2 aromatic heterocycles. The van der Waals surface area contributed by atoms with Gasteiger partial charge in [-0.15, -0.1) is 11.3 Å². The van der Waals surface area contributed by atoms with Crippen molar-refractivity contribution < 1.29 is 9.18 Å². The zero-order valence-corrected chi connectivity index (χ0v) is 20.0. The molecule has 1 N–H and O–H groups in total. The highest BCUT2D eigenvalue weighted by Crippen LogP contribution is 2.44. The first-order valence-electron chi connectivity index (χ1n) is 11.5. The van der Waals surface area contributed by atoms with Crippen molar-refractivity contribution in [3.8, 4) is 5.00 Å². The van der Waals surface area contributed by atoms with E-state index in [1.54, 1.807) is 12.1 Å². The second kappa shape index (κ2) is 8.60. The van der Waals surface area contributed by atoms with Gasteiger partial charge in [0.1, 0.15) is 10.8 Å². The van der Waals surface area contributed by atoms with Crippen molar-refractivity contribution in [2.24, 2.45) is 0 Å². The van der Waals surface area contributed by atoms with Gasteiger partial charge in [-0.05, 0) is 85.3 Å². The summed E-state index contributed by atoms with van der Waals surface area (Å²) in [5.74, 6) is -0.334. The molecule has 0 radical (unpaired) electrons. The Balaban J connectivity index is 1.49. The highest BCUT2D eigenvalue weighted by atomic mass is 35.5. The van der Waals surface area contributed by atoms with Crippen LogP contribution in [0.3, 0.4) is 0 Å². The van der Waals surface area contributed by atoms with Crippen molar-refractivity contribution in [1.82, 2.24) is 9.47 Å². The Labute approximate surface area is 206 Å². The van der Waals surface area contributed by atoms with Gasteiger partial charge in [0, 0.05) is 27.3 Å². The molecule has 34 heavy (non-hydrogen) atoms. The fourth-order valence-corrected chi connectivity index (χ4v) is 6.64. The van der Waals surface area contributed by atoms with Crippen molar-refractivity contribution in [3.63, 3.8) is 0 Å². The Morgan fingerprint density at radius 1 is 1.00 bits per heavy atom. The van der Waals surface area contributed by atoms with Crippen LogP contribution >= 0.6 is 22.9 Å². The molecule has 172 valence electrons. The van der Waals surface area contributed by atoms with Crippen LogP contribution in [0.2, 0.25) is 5.02 Å². The lowest BCUT2D eigenvalue weighted by Crippen LogP contribution is -2.38. The number of anilines is 1. The third-order valence-corrected chi connectivity index (χ3v) is 8.31. The summed E-state index contributed by atoms with van der Waals surface area (Å²) in [6, 6.07) is 17.2. The topological polar surface area (TPSA) is 37.3 Å². The quantitative estimate of drug-likeness (QED) is 0.313. The summed E-state index contributed by atoms with van der Waals surface area (Å²) in [5.41, 5.74) is 5.23. The minimum Gasteiger partial charge on any atom is -0.310 e. The molecule has 6 rings (SSSR count). The van der Waals surface area contributed by atoms with E-state index in [0.29, 0.717) is 17.3 Å². The van der Waals surface area contributed by atoms with Crippen LogP contribution in [-0.2, 0) is 19.4 Å². The number of carbonyl (C=O) groups is 1. The highest BCUT2D eigenvalue weighted by molar-refractivity contribution is 7.15. The van der Waals surface area contributed by atoms with Crippen molar-refractivity contribution in [2.45, 2.75) is 38.3 Å². The maximum absolute atomic E-state index is 13.8. The summed E-state index contributed by atoms with van der Waals surface area (Å²) in [6.07, 6.45) is 6.65. The molecular weight excluding hydrogens is 469 g/mol. The minimum absolute atomic E-state index is 0.220. The molecule has 2 aliphatic rings. The van der Waals surface area contributed by atoms with Crippen LogP contribution in [0.4, 0.5) is 14.9 Å². The lowest BCUT2D eigenvalue weighted by molar-refractivity contribution is 0.194. The Morgan fingerprint density at radius 3 is 2.56 bits per heavy atom. The predicted molar refractivity (Wildman–Crippen MR) is 135 cm³/mol. The summed E-state index contributed by atoms with van der Waals surface area (Å²) >= 11 is 8.05. The number of nitrogens with zero attached hydrogens (tertiary/aromatic N) is 2. The van der Waals surface area contributed by atoms with Crippen LogP contribution in [0, 0.1) is 5.82 Å². The minimum atomic E-state index is -0.334. The monoisotopic (exact) mass is 491 g/mol. The third-order valence-electron chi connectivity index (χ3n) is 6.72. The summed E-state index contributed by atoms with van der Waals surface area (Å²) in [7, 11) is 0. The number of rotatable bonds is 2. The van der Waals surface area contributed by atoms with E-state index in [1.165, 1.54) is 46.0 Å². The standard InChI is InChI=1S/C27H23ClFN3OS/c28-18-9-7-17(8-10-18)25-23-5-3-15-31(23)26-22(21-4-1-2-6-24(21)34-26)16-32(25)27(33)30-20-13-11-19(29)12-14-20/h3,5,7-15,25H,1-2,4,6,16H2,(H,30,33)/t25-/m0/s1. The molecule has 1 aliphatic carbocycles. The molecule has 3 heterocycles. The molecule has 1 atom stereocenters. The number of aryl methyl sites for hydroxylation is 1. The van der Waals surface area contributed by atoms with Gasteiger partial charge in [-0.1, -0.05) is 23.7 Å². The summed E-state index contributed by atoms with van der Waals surface area (Å²) in [5, 5.41) is 4.86. The van der Waals surface area contributed by atoms with Crippen LogP contribution in [0.5, 0.6) is 0 Å². The van der Waals surface area contributed by atoms with E-state index in [-0.39, 0.29) is 17.9 Å². The first-order chi connectivity index (χ1) is 16.6. The average Bonchev–Trinajstić information content (AvgIpc) is 3.43. The molecule has 4 nitrogen and oxygen atoms in total. The maximum atomic E-state index is 13.8. The highest BCUT2D eigenvalue weighted by Gasteiger charge is 2.36. The number of thiophene rings is 1. The van der Waals surface area contributed by atoms with Gasteiger partial charge < -0.3 is 14.8 Å². The van der Waals surface area contributed by atoms with E-state index in [4.69, 9.17) is 11.6 Å². The summed E-state index contributed by atoms with van der Waals surface area (Å²) < 4.78 is 15.7. The van der Waals surface area contributed by atoms with E-state index < -0.39 is 0 Å². The SMILES string of the molecule is O=C(Nc1ccc(F)cc1)N1Cc2c(sc3c2CCCC3)-n2cccc2[C@@H]1c1ccc(Cl)cc1. The number of amides is 2. The van der Waals surface area contributed by atoms with Crippen molar-refractivity contribution in [1.29, 1.82) is 0 Å². The molecule has 7 heteroatoms. The Hall–Kier alpha value is -3.09. The molecule has 2 amide bonds. The molecule has 0 unspecified atom stereocenters. The lowest BCUT2D eigenvalue weighted by atomic mass is 9.95. The van der Waals surface area contributed by atoms with Gasteiger partial charge in [-0.3, -0.25) is 0 Å². The molecule has 0 spiro atoms. The van der Waals surface area contributed by atoms with Gasteiger partial charge >= 0.3 is 6.03 Å². The molecule has 2 aromatic carbocycles. The van der Waals surface area contributed by atoms with Crippen LogP contribution in [0.25, 0.3) is 5.00 Å². The number of urea groups is 1. The largest absolute Gasteiger partial charge is 0.322 e. The first kappa shape index (κ1) is 21.4. The van der Waals surface area contributed by atoms with E-state index in [2.05, 4.69) is 22.1 Å². The van der Waals surface area contributed by atoms with E-state index in [1.807, 2.05) is 46.6 Å². The van der Waals surface area contributed by atoms with E-state index in [0.717, 1.165) is 24.1 Å². The molecule has 0 bridgehead atoms. The van der Waals surface area contributed by atoms with Crippen molar-refractivity contribution in [3.05, 3.63) is 105 Å². The summed E-state index contributed by atoms with van der Waals surface area (Å²) in [6.45, 7) is 0.503. The fourth-order valence-electron chi connectivity index (χ4n) is 5.11. The normalized spacial score (nSPS) is 16.9. The number of fused-ring (bicyclic) bond motifs is 5. The van der Waals surface area contributed by atoms with Crippen LogP contribution in [-0.4, -0.2) is 15.5 Å². The van der Waals surface area contributed by atoms with Gasteiger partial charge in [-0.25, -0.2) is 9.18 Å². The Bertz CT molecular complexity index is 1360. The molecule has 4 aromatic rings. The fraction of sp³-hybridized carbons (Fsp3) is 0.222. The van der Waals surface area contributed by atoms with Gasteiger partial charge in [0.2, 0.25) is 0 Å². The molecular formula is C27H23ClFN3OS. The van der Waals surface area contributed by atoms with Gasteiger partial charge in [-0.2, -0.15) is 0 Å². The zero-order chi connectivity index (χ0) is 23.2. The predicted octanol–water partition coefficient (Wildman–Crippen LogP) is 7.35. The van der Waals surface area contributed by atoms with Crippen LogP contribution in [0.15, 0.2) is 66.9 Å². The number of benzene rings is 2. The molecule has 0 saturated carbocycles. The van der Waals surface area contributed by atoms with Crippen molar-refractivity contribution >= 4 is 34.7 Å². The third kappa shape index (κ3) is 3.71. The average molecular weight is 492 g/mol. The van der Waals surface area contributed by atoms with Gasteiger partial charge in [0.05, 0.1) is 18.3 Å². The number of hydrogen-bond donors (Lipinski definition) is 1. The van der Waals surface area contributed by atoms with Crippen molar-refractivity contribution in [2.75, 3.05) is 5.32 Å². The van der Waals surface area contributed by atoms with Gasteiger partial charge in [0.25, 0.3) is 0 Å². The Kier molecular flexibility index (Phi) is 5.42. The number of hydrogen-bond acceptors (Lipinski definition) is 2. The number of nitrogens with one attached hydrogen (secondary N) is 1. The maximum Gasteiger partial charge on any atom is 0.322 e. The molecule has 0 fully saturated rings. The lowest BCUT2D eigenvalue weighted by Gasteiger charge is -2.31. The number of aromatic nitrogens is 1. The Morgan fingerprint density at radius 2 is 1.76 bits per heavy atom. The van der Waals surface area contributed by atoms with Crippen LogP contribution in [0.1, 0.15) is 46.1 Å². The number of carbonyl (C=O) groups excluding carboxylic acids is 1. The van der Waals surface area contributed by atoms with E-state index >= 15 is 0 Å². The number of halogens is 2.